The molecule has 0 bridgehead atoms. The minimum absolute atomic E-state index is 0.0537. The van der Waals surface area contributed by atoms with Crippen LogP contribution in [0.15, 0.2) is 24.3 Å². The summed E-state index contributed by atoms with van der Waals surface area (Å²) in [4.78, 5) is 12.3. The number of halogens is 1. The first-order valence-corrected chi connectivity index (χ1v) is 10.5. The minimum atomic E-state index is -3.36. The van der Waals surface area contributed by atoms with E-state index in [9.17, 15) is 13.8 Å². The van der Waals surface area contributed by atoms with E-state index in [1.165, 1.54) is 30.7 Å². The third kappa shape index (κ3) is 5.82. The van der Waals surface area contributed by atoms with Crippen molar-refractivity contribution in [1.29, 1.82) is 0 Å². The Bertz CT molecular complexity index is 614. The summed E-state index contributed by atoms with van der Waals surface area (Å²) in [6, 6.07) is 4.55. The van der Waals surface area contributed by atoms with Gasteiger partial charge in [-0.2, -0.15) is 0 Å². The summed E-state index contributed by atoms with van der Waals surface area (Å²) < 4.78 is 37.3. The minimum Gasteiger partial charge on any atom is -0.461 e. The van der Waals surface area contributed by atoms with Gasteiger partial charge >= 0.3 is 13.5 Å². The zero-order valence-electron chi connectivity index (χ0n) is 15.0. The maximum Gasteiger partial charge on any atom is 0.323 e. The van der Waals surface area contributed by atoms with E-state index in [0.29, 0.717) is 5.75 Å². The number of carbonyl (C=O) groups is 1. The van der Waals surface area contributed by atoms with Crippen LogP contribution >= 0.6 is 7.52 Å². The average molecular weight is 371 g/mol. The van der Waals surface area contributed by atoms with E-state index >= 15 is 0 Å². The topological polar surface area (TPSA) is 64.6 Å². The van der Waals surface area contributed by atoms with Crippen LogP contribution in [0.3, 0.4) is 0 Å². The fourth-order valence-corrected chi connectivity index (χ4v) is 4.35. The van der Waals surface area contributed by atoms with Crippen molar-refractivity contribution in [2.45, 2.75) is 70.7 Å². The van der Waals surface area contributed by atoms with Gasteiger partial charge in [0.15, 0.2) is 0 Å². The lowest BCUT2D eigenvalue weighted by Crippen LogP contribution is -2.38. The van der Waals surface area contributed by atoms with Crippen LogP contribution in [-0.2, 0) is 14.1 Å². The number of hydrogen-bond acceptors (Lipinski definition) is 4. The number of hydrogen-bond donors (Lipinski definition) is 1. The van der Waals surface area contributed by atoms with Gasteiger partial charge in [0.2, 0.25) is 0 Å². The Kier molecular flexibility index (Phi) is 7.03. The molecule has 1 N–H and O–H groups in total. The highest BCUT2D eigenvalue weighted by Crippen LogP contribution is 2.48. The third-order valence-corrected chi connectivity index (χ3v) is 6.89. The van der Waals surface area contributed by atoms with Crippen molar-refractivity contribution in [2.75, 3.05) is 0 Å². The fraction of sp³-hybridized carbons (Fsp3) is 0.611. The molecule has 25 heavy (non-hydrogen) atoms. The molecule has 0 saturated heterocycles. The number of ether oxygens (including phenoxy) is 1. The second-order valence-electron chi connectivity index (χ2n) is 6.78. The van der Waals surface area contributed by atoms with E-state index in [1.807, 2.05) is 0 Å². The first-order chi connectivity index (χ1) is 11.8. The maximum atomic E-state index is 13.1. The number of nitrogens with one attached hydrogen (secondary N) is 1. The summed E-state index contributed by atoms with van der Waals surface area (Å²) in [7, 11) is -3.36. The lowest BCUT2D eigenvalue weighted by atomic mass is 9.98. The highest BCUT2D eigenvalue weighted by Gasteiger charge is 2.34. The molecule has 1 aromatic rings. The Morgan fingerprint density at radius 1 is 1.16 bits per heavy atom. The smallest absolute Gasteiger partial charge is 0.323 e. The summed E-state index contributed by atoms with van der Waals surface area (Å²) in [6.07, 6.45) is 5.02. The van der Waals surface area contributed by atoms with Crippen LogP contribution in [-0.4, -0.2) is 23.8 Å². The summed E-state index contributed by atoms with van der Waals surface area (Å²) in [5.74, 6) is -0.529. The highest BCUT2D eigenvalue weighted by atomic mass is 31.2. The van der Waals surface area contributed by atoms with Gasteiger partial charge in [-0.3, -0.25) is 9.36 Å². The Morgan fingerprint density at radius 2 is 1.76 bits per heavy atom. The molecular weight excluding hydrogens is 344 g/mol. The second kappa shape index (κ2) is 8.81. The summed E-state index contributed by atoms with van der Waals surface area (Å²) >= 11 is 0. The van der Waals surface area contributed by atoms with E-state index in [-0.39, 0.29) is 11.8 Å². The molecule has 1 aromatic carbocycles. The molecule has 0 radical (unpaired) electrons. The molecule has 0 spiro atoms. The van der Waals surface area contributed by atoms with Gasteiger partial charge in [0, 0.05) is 0 Å². The Balaban J connectivity index is 1.99. The monoisotopic (exact) mass is 371 g/mol. The van der Waals surface area contributed by atoms with Gasteiger partial charge in [-0.15, -0.1) is 0 Å². The molecule has 0 amide bonds. The van der Waals surface area contributed by atoms with E-state index < -0.39 is 25.3 Å². The molecular formula is C18H27FNO4P. The summed E-state index contributed by atoms with van der Waals surface area (Å²) in [6.45, 7) is 5.11. The fourth-order valence-electron chi connectivity index (χ4n) is 2.70. The van der Waals surface area contributed by atoms with Crippen LogP contribution in [0, 0.1) is 5.82 Å². The van der Waals surface area contributed by atoms with E-state index in [1.54, 1.807) is 20.8 Å². The van der Waals surface area contributed by atoms with Crippen LogP contribution in [0.5, 0.6) is 5.75 Å². The lowest BCUT2D eigenvalue weighted by Gasteiger charge is -2.28. The predicted molar refractivity (Wildman–Crippen MR) is 95.3 cm³/mol. The van der Waals surface area contributed by atoms with Gasteiger partial charge in [-0.25, -0.2) is 9.48 Å². The number of benzene rings is 1. The predicted octanol–water partition coefficient (Wildman–Crippen LogP) is 4.66. The standard InChI is InChI=1S/C18H27FNO4P/c1-13(2)25(22,24-17-11-9-15(19)10-12-17)20-14(3)18(21)23-16-7-5-4-6-8-16/h9-14,16H,4-8H2,1-3H3,(H,20,22)/t14-,25?/m0/s1. The molecule has 140 valence electrons. The highest BCUT2D eigenvalue weighted by molar-refractivity contribution is 7.58. The average Bonchev–Trinajstić information content (AvgIpc) is 2.57. The van der Waals surface area contributed by atoms with Crippen molar-refractivity contribution in [3.8, 4) is 5.75 Å². The zero-order valence-corrected chi connectivity index (χ0v) is 15.9. The molecule has 1 fully saturated rings. The van der Waals surface area contributed by atoms with Crippen molar-refractivity contribution in [3.05, 3.63) is 30.1 Å². The molecule has 1 aliphatic rings. The molecule has 0 aromatic heterocycles. The number of rotatable bonds is 7. The molecule has 0 heterocycles. The van der Waals surface area contributed by atoms with Crippen LogP contribution in [0.1, 0.15) is 52.9 Å². The first kappa shape index (κ1) is 19.9. The summed E-state index contributed by atoms with van der Waals surface area (Å²) in [5.41, 5.74) is -0.359. The van der Waals surface area contributed by atoms with Crippen molar-refractivity contribution >= 4 is 13.5 Å². The van der Waals surface area contributed by atoms with Gasteiger partial charge in [-0.05, 0) is 56.9 Å². The number of esters is 1. The lowest BCUT2D eigenvalue weighted by molar-refractivity contribution is -0.152. The number of carbonyl (C=O) groups excluding carboxylic acids is 1. The van der Waals surface area contributed by atoms with Crippen molar-refractivity contribution < 1.29 is 23.0 Å². The Hall–Kier alpha value is -1.39. The Labute approximate surface area is 148 Å². The largest absolute Gasteiger partial charge is 0.461 e. The van der Waals surface area contributed by atoms with Gasteiger partial charge in [-0.1, -0.05) is 20.3 Å². The third-order valence-electron chi connectivity index (χ3n) is 4.30. The normalized spacial score (nSPS) is 19.2. The van der Waals surface area contributed by atoms with Crippen LogP contribution < -0.4 is 9.61 Å². The summed E-state index contributed by atoms with van der Waals surface area (Å²) in [5, 5.41) is 2.81. The van der Waals surface area contributed by atoms with Crippen LogP contribution in [0.2, 0.25) is 0 Å². The molecule has 0 aliphatic heterocycles. The molecule has 5 nitrogen and oxygen atoms in total. The molecule has 1 saturated carbocycles. The van der Waals surface area contributed by atoms with Crippen molar-refractivity contribution in [1.82, 2.24) is 5.09 Å². The molecule has 1 aliphatic carbocycles. The van der Waals surface area contributed by atoms with E-state index in [0.717, 1.165) is 25.7 Å². The van der Waals surface area contributed by atoms with Crippen molar-refractivity contribution in [3.63, 3.8) is 0 Å². The Morgan fingerprint density at radius 3 is 2.32 bits per heavy atom. The maximum absolute atomic E-state index is 13.1. The molecule has 1 unspecified atom stereocenters. The van der Waals surface area contributed by atoms with Crippen LogP contribution in [0.4, 0.5) is 4.39 Å². The quantitative estimate of drug-likeness (QED) is 0.558. The molecule has 2 atom stereocenters. The van der Waals surface area contributed by atoms with Gasteiger partial charge < -0.3 is 9.26 Å². The van der Waals surface area contributed by atoms with Crippen LogP contribution in [0.25, 0.3) is 0 Å². The van der Waals surface area contributed by atoms with E-state index in [4.69, 9.17) is 9.26 Å². The van der Waals surface area contributed by atoms with Gasteiger partial charge in [0.05, 0.1) is 5.66 Å². The van der Waals surface area contributed by atoms with Gasteiger partial charge in [0.25, 0.3) is 0 Å². The second-order valence-corrected chi connectivity index (χ2v) is 9.45. The SMILES string of the molecule is CC(C)P(=O)(N[C@@H](C)C(=O)OC1CCCCC1)Oc1ccc(F)cc1. The molecule has 7 heteroatoms. The zero-order chi connectivity index (χ0) is 18.4. The van der Waals surface area contributed by atoms with Gasteiger partial charge in [0.1, 0.15) is 23.7 Å². The van der Waals surface area contributed by atoms with E-state index in [2.05, 4.69) is 5.09 Å². The van der Waals surface area contributed by atoms with Crippen molar-refractivity contribution in [2.24, 2.45) is 0 Å². The molecule has 2 rings (SSSR count). The first-order valence-electron chi connectivity index (χ1n) is 8.83.